The molecule has 0 N–H and O–H groups in total. The first-order chi connectivity index (χ1) is 7.27. The monoisotopic (exact) mass is 206 g/mol. The molecule has 15 heavy (non-hydrogen) atoms. The first-order valence-electron chi connectivity index (χ1n) is 4.75. The van der Waals surface area contributed by atoms with Crippen LogP contribution < -0.4 is 4.74 Å². The second-order valence-electron chi connectivity index (χ2n) is 2.92. The van der Waals surface area contributed by atoms with Crippen LogP contribution in [0, 0.1) is 0 Å². The van der Waals surface area contributed by atoms with Crippen molar-refractivity contribution in [2.24, 2.45) is 0 Å². The summed E-state index contributed by atoms with van der Waals surface area (Å²) in [5, 5.41) is 0. The Bertz CT molecular complexity index is 344. The largest absolute Gasteiger partial charge is 0.495 e. The lowest BCUT2D eigenvalue weighted by molar-refractivity contribution is 0.111. The molecule has 0 aliphatic heterocycles. The van der Waals surface area contributed by atoms with Gasteiger partial charge in [-0.15, -0.1) is 0 Å². The van der Waals surface area contributed by atoms with Crippen LogP contribution in [-0.4, -0.2) is 19.5 Å². The molecular weight excluding hydrogens is 192 g/mol. The van der Waals surface area contributed by atoms with Gasteiger partial charge in [-0.2, -0.15) is 0 Å². The number of hydrogen-bond donors (Lipinski definition) is 0. The van der Waals surface area contributed by atoms with Crippen molar-refractivity contribution >= 4 is 6.29 Å². The van der Waals surface area contributed by atoms with E-state index in [-0.39, 0.29) is 6.61 Å². The summed E-state index contributed by atoms with van der Waals surface area (Å²) in [6, 6.07) is 7.04. The minimum absolute atomic E-state index is 0.263. The highest BCUT2D eigenvalue weighted by Crippen LogP contribution is 2.16. The first-order valence-corrected chi connectivity index (χ1v) is 4.75. The van der Waals surface area contributed by atoms with E-state index in [0.717, 1.165) is 6.29 Å². The van der Waals surface area contributed by atoms with Gasteiger partial charge in [-0.25, -0.2) is 0 Å². The Hall–Kier alpha value is -1.77. The number of benzene rings is 1. The highest BCUT2D eigenvalue weighted by atomic mass is 16.5. The van der Waals surface area contributed by atoms with Gasteiger partial charge in [0.25, 0.3) is 0 Å². The Morgan fingerprint density at radius 1 is 1.47 bits per heavy atom. The fraction of sp³-hybridized carbons (Fsp3) is 0.250. The molecule has 0 aromatic heterocycles. The number of rotatable bonds is 6. The van der Waals surface area contributed by atoms with Crippen LogP contribution in [0.4, 0.5) is 0 Å². The van der Waals surface area contributed by atoms with Crippen molar-refractivity contribution in [3.63, 3.8) is 0 Å². The molecule has 0 unspecified atom stereocenters. The number of carbonyl (C=O) groups is 1. The van der Waals surface area contributed by atoms with Crippen LogP contribution in [0.5, 0.6) is 5.75 Å². The molecule has 0 fully saturated rings. The van der Waals surface area contributed by atoms with Crippen LogP contribution in [0.3, 0.4) is 0 Å². The third-order valence-corrected chi connectivity index (χ3v) is 1.78. The third-order valence-electron chi connectivity index (χ3n) is 1.78. The van der Waals surface area contributed by atoms with E-state index in [1.807, 2.05) is 13.0 Å². The average molecular weight is 206 g/mol. The Morgan fingerprint density at radius 2 is 2.20 bits per heavy atom. The number of aldehydes is 1. The lowest BCUT2D eigenvalue weighted by Crippen LogP contribution is -2.04. The van der Waals surface area contributed by atoms with Gasteiger partial charge in [0.2, 0.25) is 0 Å². The molecule has 0 aliphatic rings. The molecule has 0 atom stereocenters. The molecule has 1 rings (SSSR count). The summed E-state index contributed by atoms with van der Waals surface area (Å²) in [6.07, 6.45) is 0.763. The van der Waals surface area contributed by atoms with Gasteiger partial charge in [0, 0.05) is 0 Å². The number of para-hydroxylation sites is 1. The SMILES string of the molecule is C=C(COc1ccccc1C=O)OCC. The van der Waals surface area contributed by atoms with Gasteiger partial charge in [0.1, 0.15) is 18.1 Å². The summed E-state index contributed by atoms with van der Waals surface area (Å²) in [7, 11) is 0. The molecule has 3 nitrogen and oxygen atoms in total. The molecule has 1 aromatic rings. The van der Waals surface area contributed by atoms with Crippen molar-refractivity contribution in [1.29, 1.82) is 0 Å². The summed E-state index contributed by atoms with van der Waals surface area (Å²) < 4.78 is 10.5. The van der Waals surface area contributed by atoms with Crippen molar-refractivity contribution in [1.82, 2.24) is 0 Å². The maximum absolute atomic E-state index is 10.7. The first kappa shape index (κ1) is 11.3. The van der Waals surface area contributed by atoms with Crippen molar-refractivity contribution in [2.75, 3.05) is 13.2 Å². The number of ether oxygens (including phenoxy) is 2. The van der Waals surface area contributed by atoms with E-state index in [1.54, 1.807) is 18.2 Å². The lowest BCUT2D eigenvalue weighted by atomic mass is 10.2. The van der Waals surface area contributed by atoms with Gasteiger partial charge in [0.15, 0.2) is 6.29 Å². The van der Waals surface area contributed by atoms with E-state index < -0.39 is 0 Å². The normalized spacial score (nSPS) is 9.40. The van der Waals surface area contributed by atoms with E-state index >= 15 is 0 Å². The molecule has 3 heteroatoms. The standard InChI is InChI=1S/C12H14O3/c1-3-14-10(2)9-15-12-7-5-4-6-11(12)8-13/h4-8H,2-3,9H2,1H3. The molecule has 0 bridgehead atoms. The molecule has 0 aliphatic carbocycles. The van der Waals surface area contributed by atoms with Crippen molar-refractivity contribution < 1.29 is 14.3 Å². The van der Waals surface area contributed by atoms with E-state index in [9.17, 15) is 4.79 Å². The second-order valence-corrected chi connectivity index (χ2v) is 2.92. The topological polar surface area (TPSA) is 35.5 Å². The summed E-state index contributed by atoms with van der Waals surface area (Å²) >= 11 is 0. The van der Waals surface area contributed by atoms with Crippen LogP contribution in [0.1, 0.15) is 17.3 Å². The highest BCUT2D eigenvalue weighted by molar-refractivity contribution is 5.79. The summed E-state index contributed by atoms with van der Waals surface area (Å²) in [4.78, 5) is 10.7. The van der Waals surface area contributed by atoms with E-state index in [0.29, 0.717) is 23.7 Å². The minimum Gasteiger partial charge on any atom is -0.495 e. The fourth-order valence-electron chi connectivity index (χ4n) is 1.11. The Labute approximate surface area is 89.3 Å². The average Bonchev–Trinajstić information content (AvgIpc) is 2.27. The van der Waals surface area contributed by atoms with Crippen molar-refractivity contribution in [2.45, 2.75) is 6.92 Å². The third kappa shape index (κ3) is 3.46. The summed E-state index contributed by atoms with van der Waals surface area (Å²) in [5.41, 5.74) is 0.529. The molecular formula is C12H14O3. The zero-order chi connectivity index (χ0) is 11.1. The van der Waals surface area contributed by atoms with Gasteiger partial charge in [-0.1, -0.05) is 18.7 Å². The zero-order valence-electron chi connectivity index (χ0n) is 8.73. The molecule has 0 saturated carbocycles. The summed E-state index contributed by atoms with van der Waals surface area (Å²) in [5.74, 6) is 1.10. The quantitative estimate of drug-likeness (QED) is 0.529. The summed E-state index contributed by atoms with van der Waals surface area (Å²) in [6.45, 7) is 6.39. The smallest absolute Gasteiger partial charge is 0.153 e. The molecule has 0 heterocycles. The lowest BCUT2D eigenvalue weighted by Gasteiger charge is -2.10. The van der Waals surface area contributed by atoms with Gasteiger partial charge in [0.05, 0.1) is 12.2 Å². The zero-order valence-corrected chi connectivity index (χ0v) is 8.73. The predicted octanol–water partition coefficient (Wildman–Crippen LogP) is 2.43. The van der Waals surface area contributed by atoms with Gasteiger partial charge < -0.3 is 9.47 Å². The Balaban J connectivity index is 2.57. The molecule has 0 amide bonds. The predicted molar refractivity (Wildman–Crippen MR) is 58.1 cm³/mol. The van der Waals surface area contributed by atoms with Gasteiger partial charge in [-0.3, -0.25) is 4.79 Å². The van der Waals surface area contributed by atoms with Crippen LogP contribution in [0.15, 0.2) is 36.6 Å². The Morgan fingerprint density at radius 3 is 2.87 bits per heavy atom. The van der Waals surface area contributed by atoms with E-state index in [4.69, 9.17) is 9.47 Å². The maximum Gasteiger partial charge on any atom is 0.153 e. The molecule has 1 aromatic carbocycles. The maximum atomic E-state index is 10.7. The van der Waals surface area contributed by atoms with Gasteiger partial charge in [-0.05, 0) is 19.1 Å². The number of hydrogen-bond acceptors (Lipinski definition) is 3. The molecule has 0 saturated heterocycles. The molecule has 0 spiro atoms. The Kier molecular flexibility index (Phi) is 4.41. The minimum atomic E-state index is 0.263. The van der Waals surface area contributed by atoms with Crippen LogP contribution in [0.25, 0.3) is 0 Å². The highest BCUT2D eigenvalue weighted by Gasteiger charge is 2.02. The van der Waals surface area contributed by atoms with Crippen molar-refractivity contribution in [3.05, 3.63) is 42.2 Å². The van der Waals surface area contributed by atoms with E-state index in [2.05, 4.69) is 6.58 Å². The fourth-order valence-corrected chi connectivity index (χ4v) is 1.11. The number of carbonyl (C=O) groups excluding carboxylic acids is 1. The molecule has 80 valence electrons. The molecule has 0 radical (unpaired) electrons. The van der Waals surface area contributed by atoms with Gasteiger partial charge >= 0.3 is 0 Å². The second kappa shape index (κ2) is 5.86. The van der Waals surface area contributed by atoms with Crippen LogP contribution >= 0.6 is 0 Å². The van der Waals surface area contributed by atoms with E-state index in [1.165, 1.54) is 0 Å². The van der Waals surface area contributed by atoms with Crippen LogP contribution in [0.2, 0.25) is 0 Å². The van der Waals surface area contributed by atoms with Crippen LogP contribution in [-0.2, 0) is 4.74 Å². The van der Waals surface area contributed by atoms with Crippen molar-refractivity contribution in [3.8, 4) is 5.75 Å².